The van der Waals surface area contributed by atoms with Gasteiger partial charge in [0.05, 0.1) is 31.0 Å². The topological polar surface area (TPSA) is 99.4 Å². The molecule has 27 heavy (non-hydrogen) atoms. The Morgan fingerprint density at radius 2 is 2.00 bits per heavy atom. The monoisotopic (exact) mass is 368 g/mol. The molecule has 0 spiro atoms. The Bertz CT molecular complexity index is 904. The number of rotatable bonds is 7. The minimum Gasteiger partial charge on any atom is -0.493 e. The molecule has 8 nitrogen and oxygen atoms in total. The molecule has 0 saturated heterocycles. The van der Waals surface area contributed by atoms with Gasteiger partial charge < -0.3 is 14.6 Å². The highest BCUT2D eigenvalue weighted by atomic mass is 16.5. The van der Waals surface area contributed by atoms with E-state index in [4.69, 9.17) is 9.47 Å². The van der Waals surface area contributed by atoms with Crippen LogP contribution >= 0.6 is 0 Å². The second kappa shape index (κ2) is 8.31. The molecule has 0 atom stereocenters. The molecular weight excluding hydrogens is 348 g/mol. The molecule has 0 amide bonds. The van der Waals surface area contributed by atoms with Crippen molar-refractivity contribution in [1.29, 1.82) is 0 Å². The third kappa shape index (κ3) is 4.05. The van der Waals surface area contributed by atoms with E-state index >= 15 is 0 Å². The number of aromatic hydroxyl groups is 1. The Morgan fingerprint density at radius 1 is 1.15 bits per heavy atom. The zero-order chi connectivity index (χ0) is 19.2. The summed E-state index contributed by atoms with van der Waals surface area (Å²) in [4.78, 5) is 20.2. The molecule has 0 aliphatic rings. The Morgan fingerprint density at radius 3 is 2.63 bits per heavy atom. The van der Waals surface area contributed by atoms with Gasteiger partial charge in [0.2, 0.25) is 11.8 Å². The fourth-order valence-corrected chi connectivity index (χ4v) is 2.40. The maximum atomic E-state index is 11.9. The van der Waals surface area contributed by atoms with Gasteiger partial charge in [-0.05, 0) is 24.6 Å². The summed E-state index contributed by atoms with van der Waals surface area (Å²) in [5.74, 6) is 0.365. The molecule has 0 aliphatic heterocycles. The highest BCUT2D eigenvalue weighted by Gasteiger charge is 2.15. The van der Waals surface area contributed by atoms with E-state index in [1.807, 2.05) is 6.92 Å². The summed E-state index contributed by atoms with van der Waals surface area (Å²) in [6, 6.07) is 6.66. The first-order valence-electron chi connectivity index (χ1n) is 8.55. The van der Waals surface area contributed by atoms with Gasteiger partial charge in [0.1, 0.15) is 0 Å². The van der Waals surface area contributed by atoms with E-state index in [0.717, 1.165) is 12.8 Å². The lowest BCUT2D eigenvalue weighted by Crippen LogP contribution is -2.08. The number of ether oxygens (including phenoxy) is 2. The summed E-state index contributed by atoms with van der Waals surface area (Å²) < 4.78 is 11.5. The highest BCUT2D eigenvalue weighted by Crippen LogP contribution is 2.30. The van der Waals surface area contributed by atoms with Crippen molar-refractivity contribution in [3.63, 3.8) is 0 Å². The van der Waals surface area contributed by atoms with Gasteiger partial charge in [-0.25, -0.2) is 14.8 Å². The quantitative estimate of drug-likeness (QED) is 0.505. The van der Waals surface area contributed by atoms with Crippen molar-refractivity contribution in [1.82, 2.24) is 19.7 Å². The van der Waals surface area contributed by atoms with E-state index in [-0.39, 0.29) is 5.88 Å². The van der Waals surface area contributed by atoms with Crippen LogP contribution in [0.2, 0.25) is 0 Å². The van der Waals surface area contributed by atoms with Crippen LogP contribution in [0.5, 0.6) is 11.8 Å². The lowest BCUT2D eigenvalue weighted by atomic mass is 10.1. The molecule has 3 rings (SSSR count). The van der Waals surface area contributed by atoms with Gasteiger partial charge in [0.25, 0.3) is 0 Å². The summed E-state index contributed by atoms with van der Waals surface area (Å²) in [6.07, 6.45) is 6.28. The molecule has 3 aromatic rings. The van der Waals surface area contributed by atoms with Gasteiger partial charge in [0.15, 0.2) is 5.82 Å². The molecule has 3 aromatic heterocycles. The van der Waals surface area contributed by atoms with E-state index in [9.17, 15) is 9.90 Å². The second-order valence-electron chi connectivity index (χ2n) is 5.78. The van der Waals surface area contributed by atoms with Gasteiger partial charge in [-0.2, -0.15) is 9.78 Å². The van der Waals surface area contributed by atoms with E-state index in [0.29, 0.717) is 35.0 Å². The number of unbranched alkanes of at least 4 members (excludes halogenated alkanes) is 1. The maximum absolute atomic E-state index is 11.9. The van der Waals surface area contributed by atoms with Crippen molar-refractivity contribution in [3.05, 3.63) is 48.4 Å². The van der Waals surface area contributed by atoms with Gasteiger partial charge in [-0.3, -0.25) is 0 Å². The minimum absolute atomic E-state index is 0.0762. The van der Waals surface area contributed by atoms with Crippen molar-refractivity contribution in [2.75, 3.05) is 13.7 Å². The summed E-state index contributed by atoms with van der Waals surface area (Å²) >= 11 is 0. The molecule has 0 saturated carbocycles. The van der Waals surface area contributed by atoms with Gasteiger partial charge in [0, 0.05) is 24.0 Å². The van der Waals surface area contributed by atoms with Crippen LogP contribution in [0.15, 0.2) is 42.9 Å². The first-order valence-corrected chi connectivity index (χ1v) is 8.55. The first kappa shape index (κ1) is 18.4. The summed E-state index contributed by atoms with van der Waals surface area (Å²) in [5, 5.41) is 14.7. The van der Waals surface area contributed by atoms with Crippen LogP contribution in [0.3, 0.4) is 0 Å². The smallest absolute Gasteiger partial charge is 0.339 e. The summed E-state index contributed by atoms with van der Waals surface area (Å²) in [7, 11) is 1.53. The van der Waals surface area contributed by atoms with Crippen LogP contribution in [0.4, 0.5) is 0 Å². The molecule has 0 fully saturated rings. The van der Waals surface area contributed by atoms with Crippen LogP contribution in [-0.2, 0) is 4.74 Å². The van der Waals surface area contributed by atoms with Crippen LogP contribution in [0.1, 0.15) is 30.1 Å². The number of aromatic nitrogens is 4. The summed E-state index contributed by atoms with van der Waals surface area (Å²) in [5.41, 5.74) is 1.55. The SMILES string of the molecule is CCCCOC(=O)c1ccc(-n2ncc(-c3ccc(OC)nc3)c2O)nc1. The fourth-order valence-electron chi connectivity index (χ4n) is 2.40. The number of pyridine rings is 2. The predicted octanol–water partition coefficient (Wildman–Crippen LogP) is 3.00. The Balaban J connectivity index is 1.79. The predicted molar refractivity (Wildman–Crippen MR) is 98.0 cm³/mol. The normalized spacial score (nSPS) is 10.6. The van der Waals surface area contributed by atoms with E-state index < -0.39 is 5.97 Å². The largest absolute Gasteiger partial charge is 0.493 e. The van der Waals surface area contributed by atoms with Crippen LogP contribution in [0.25, 0.3) is 16.9 Å². The fraction of sp³-hybridized carbons (Fsp3) is 0.263. The third-order valence-electron chi connectivity index (χ3n) is 3.93. The molecule has 1 N–H and O–H groups in total. The summed E-state index contributed by atoms with van der Waals surface area (Å²) in [6.45, 7) is 2.41. The average molecular weight is 368 g/mol. The zero-order valence-corrected chi connectivity index (χ0v) is 15.1. The molecule has 0 radical (unpaired) electrons. The molecule has 0 bridgehead atoms. The van der Waals surface area contributed by atoms with Gasteiger partial charge >= 0.3 is 5.97 Å². The van der Waals surface area contributed by atoms with E-state index in [2.05, 4.69) is 15.1 Å². The number of methoxy groups -OCH3 is 1. The van der Waals surface area contributed by atoms with Crippen molar-refractivity contribution >= 4 is 5.97 Å². The van der Waals surface area contributed by atoms with E-state index in [1.165, 1.54) is 24.2 Å². The number of carbonyl (C=O) groups is 1. The van der Waals surface area contributed by atoms with Crippen LogP contribution in [-0.4, -0.2) is 44.5 Å². The molecular formula is C19H20N4O4. The average Bonchev–Trinajstić information content (AvgIpc) is 3.09. The number of esters is 1. The molecule has 0 aromatic carbocycles. The second-order valence-corrected chi connectivity index (χ2v) is 5.78. The van der Waals surface area contributed by atoms with Gasteiger partial charge in [-0.1, -0.05) is 13.3 Å². The first-order chi connectivity index (χ1) is 13.1. The number of hydrogen-bond donors (Lipinski definition) is 1. The number of carbonyl (C=O) groups excluding carboxylic acids is 1. The molecule has 0 unspecified atom stereocenters. The lowest BCUT2D eigenvalue weighted by molar-refractivity contribution is 0.0499. The molecule has 3 heterocycles. The number of hydrogen-bond acceptors (Lipinski definition) is 7. The van der Waals surface area contributed by atoms with Crippen molar-refractivity contribution < 1.29 is 19.4 Å². The number of nitrogens with zero attached hydrogens (tertiary/aromatic N) is 4. The zero-order valence-electron chi connectivity index (χ0n) is 15.1. The Kier molecular flexibility index (Phi) is 5.65. The van der Waals surface area contributed by atoms with Gasteiger partial charge in [-0.15, -0.1) is 0 Å². The molecule has 0 aliphatic carbocycles. The standard InChI is InChI=1S/C19H20N4O4/c1-3-4-9-27-19(25)14-5-7-16(20-11-14)23-18(24)15(12-22-23)13-6-8-17(26-2)21-10-13/h5-8,10-12,24H,3-4,9H2,1-2H3. The minimum atomic E-state index is -0.419. The maximum Gasteiger partial charge on any atom is 0.339 e. The highest BCUT2D eigenvalue weighted by molar-refractivity contribution is 5.89. The van der Waals surface area contributed by atoms with Crippen LogP contribution in [0, 0.1) is 0 Å². The molecule has 8 heteroatoms. The Labute approximate surface area is 156 Å². The van der Waals surface area contributed by atoms with Crippen molar-refractivity contribution in [2.24, 2.45) is 0 Å². The lowest BCUT2D eigenvalue weighted by Gasteiger charge is -2.06. The third-order valence-corrected chi connectivity index (χ3v) is 3.93. The van der Waals surface area contributed by atoms with Crippen molar-refractivity contribution in [2.45, 2.75) is 19.8 Å². The molecule has 140 valence electrons. The van der Waals surface area contributed by atoms with Crippen LogP contribution < -0.4 is 4.74 Å². The van der Waals surface area contributed by atoms with Crippen molar-refractivity contribution in [3.8, 4) is 28.7 Å². The Hall–Kier alpha value is -3.42. The van der Waals surface area contributed by atoms with E-state index in [1.54, 1.807) is 30.5 Å².